The monoisotopic (exact) mass is 405 g/mol. The molecule has 7 heteroatoms. The van der Waals surface area contributed by atoms with Gasteiger partial charge < -0.3 is 20.0 Å². The fraction of sp³-hybridized carbons (Fsp3) is 0.261. The first kappa shape index (κ1) is 19.7. The van der Waals surface area contributed by atoms with Gasteiger partial charge >= 0.3 is 5.63 Å². The van der Waals surface area contributed by atoms with E-state index in [0.29, 0.717) is 23.2 Å². The lowest BCUT2D eigenvalue weighted by molar-refractivity contribution is -0.122. The Morgan fingerprint density at radius 3 is 2.57 bits per heavy atom. The van der Waals surface area contributed by atoms with Crippen molar-refractivity contribution < 1.29 is 14.0 Å². The lowest BCUT2D eigenvalue weighted by Crippen LogP contribution is -2.29. The maximum atomic E-state index is 12.9. The number of carbonyl (C=O) groups excluding carboxylic acids is 2. The van der Waals surface area contributed by atoms with Crippen LogP contribution in [0.4, 0.5) is 17.1 Å². The highest BCUT2D eigenvalue weighted by molar-refractivity contribution is 6.06. The van der Waals surface area contributed by atoms with Gasteiger partial charge in [0.15, 0.2) is 5.69 Å². The van der Waals surface area contributed by atoms with Crippen LogP contribution in [0.2, 0.25) is 0 Å². The molecule has 1 saturated heterocycles. The van der Waals surface area contributed by atoms with Crippen LogP contribution in [0.1, 0.15) is 18.9 Å². The molecular weight excluding hydrogens is 382 g/mol. The molecule has 30 heavy (non-hydrogen) atoms. The summed E-state index contributed by atoms with van der Waals surface area (Å²) in [5, 5.41) is 6.57. The van der Waals surface area contributed by atoms with Crippen LogP contribution in [0.5, 0.6) is 0 Å². The number of carbonyl (C=O) groups is 2. The number of benzene rings is 2. The molecule has 1 aliphatic rings. The van der Waals surface area contributed by atoms with E-state index in [-0.39, 0.29) is 30.5 Å². The molecule has 3 aromatic rings. The average molecular weight is 405 g/mol. The highest BCUT2D eigenvalue weighted by Gasteiger charge is 2.35. The summed E-state index contributed by atoms with van der Waals surface area (Å²) in [4.78, 5) is 39.6. The van der Waals surface area contributed by atoms with Crippen molar-refractivity contribution in [2.24, 2.45) is 5.92 Å². The highest BCUT2D eigenvalue weighted by Crippen LogP contribution is 2.30. The lowest BCUT2D eigenvalue weighted by Gasteiger charge is -2.17. The van der Waals surface area contributed by atoms with Gasteiger partial charge in [0, 0.05) is 30.6 Å². The van der Waals surface area contributed by atoms with E-state index in [1.54, 1.807) is 17.0 Å². The largest absolute Gasteiger partial charge is 0.421 e. The Labute approximate surface area is 173 Å². The van der Waals surface area contributed by atoms with Crippen molar-refractivity contribution in [2.45, 2.75) is 20.3 Å². The molecule has 7 nitrogen and oxygen atoms in total. The number of amides is 2. The second-order valence-corrected chi connectivity index (χ2v) is 7.40. The SMILES string of the molecule is CCNc1c(NC(=O)C2CC(=O)N(c3ccc(C)cc3)C2)c(=O)oc2ccccc12. The molecule has 0 saturated carbocycles. The molecule has 0 bridgehead atoms. The molecule has 1 unspecified atom stereocenters. The summed E-state index contributed by atoms with van der Waals surface area (Å²) >= 11 is 0. The Kier molecular flexibility index (Phi) is 5.27. The second kappa shape index (κ2) is 8.02. The summed E-state index contributed by atoms with van der Waals surface area (Å²) in [6, 6.07) is 14.7. The van der Waals surface area contributed by atoms with Gasteiger partial charge in [0.2, 0.25) is 11.8 Å². The van der Waals surface area contributed by atoms with E-state index in [1.165, 1.54) is 0 Å². The van der Waals surface area contributed by atoms with E-state index >= 15 is 0 Å². The molecule has 2 heterocycles. The number of para-hydroxylation sites is 1. The number of hydrogen-bond acceptors (Lipinski definition) is 5. The maximum absolute atomic E-state index is 12.9. The number of aryl methyl sites for hydroxylation is 1. The van der Waals surface area contributed by atoms with Crippen molar-refractivity contribution in [3.63, 3.8) is 0 Å². The summed E-state index contributed by atoms with van der Waals surface area (Å²) < 4.78 is 5.38. The molecule has 1 fully saturated rings. The van der Waals surface area contributed by atoms with E-state index in [4.69, 9.17) is 4.42 Å². The van der Waals surface area contributed by atoms with Crippen molar-refractivity contribution in [1.82, 2.24) is 0 Å². The van der Waals surface area contributed by atoms with Gasteiger partial charge in [-0.1, -0.05) is 29.8 Å². The van der Waals surface area contributed by atoms with E-state index in [9.17, 15) is 14.4 Å². The molecule has 0 aliphatic carbocycles. The third-order valence-corrected chi connectivity index (χ3v) is 5.26. The standard InChI is InChI=1S/C23H23N3O4/c1-3-24-20-17-6-4-5-7-18(17)30-23(29)21(20)25-22(28)15-12-19(27)26(13-15)16-10-8-14(2)9-11-16/h4-11,15,24H,3,12-13H2,1-2H3,(H,25,28). The van der Waals surface area contributed by atoms with Crippen molar-refractivity contribution >= 4 is 39.8 Å². The Morgan fingerprint density at radius 2 is 1.83 bits per heavy atom. The molecule has 0 radical (unpaired) electrons. The third-order valence-electron chi connectivity index (χ3n) is 5.26. The smallest absolute Gasteiger partial charge is 0.362 e. The van der Waals surface area contributed by atoms with Crippen LogP contribution in [0, 0.1) is 12.8 Å². The topological polar surface area (TPSA) is 91.6 Å². The number of anilines is 3. The first-order valence-electron chi connectivity index (χ1n) is 9.95. The number of nitrogens with zero attached hydrogens (tertiary/aromatic N) is 1. The van der Waals surface area contributed by atoms with Crippen molar-refractivity contribution in [1.29, 1.82) is 0 Å². The van der Waals surface area contributed by atoms with Gasteiger partial charge in [0.05, 0.1) is 11.6 Å². The van der Waals surface area contributed by atoms with Crippen molar-refractivity contribution in [2.75, 3.05) is 28.6 Å². The van der Waals surface area contributed by atoms with Crippen LogP contribution < -0.4 is 21.2 Å². The average Bonchev–Trinajstić information content (AvgIpc) is 3.13. The quantitative estimate of drug-likeness (QED) is 0.634. The van der Waals surface area contributed by atoms with Crippen LogP contribution in [-0.4, -0.2) is 24.9 Å². The lowest BCUT2D eigenvalue weighted by atomic mass is 10.1. The Balaban J connectivity index is 1.60. The normalized spacial score (nSPS) is 16.1. The molecule has 154 valence electrons. The minimum absolute atomic E-state index is 0.0711. The molecule has 0 spiro atoms. The number of hydrogen-bond donors (Lipinski definition) is 2. The van der Waals surface area contributed by atoms with Crippen LogP contribution >= 0.6 is 0 Å². The minimum atomic E-state index is -0.627. The van der Waals surface area contributed by atoms with E-state index in [0.717, 1.165) is 11.3 Å². The zero-order chi connectivity index (χ0) is 21.3. The van der Waals surface area contributed by atoms with Gasteiger partial charge in [-0.3, -0.25) is 9.59 Å². The Bertz CT molecular complexity index is 1170. The second-order valence-electron chi connectivity index (χ2n) is 7.40. The zero-order valence-electron chi connectivity index (χ0n) is 16.9. The van der Waals surface area contributed by atoms with Gasteiger partial charge in [-0.15, -0.1) is 0 Å². The van der Waals surface area contributed by atoms with E-state index in [2.05, 4.69) is 10.6 Å². The summed E-state index contributed by atoms with van der Waals surface area (Å²) in [5.41, 5.74) is 2.27. The molecular formula is C23H23N3O4. The first-order valence-corrected chi connectivity index (χ1v) is 9.95. The van der Waals surface area contributed by atoms with Crippen molar-refractivity contribution in [3.05, 3.63) is 64.5 Å². The Hall–Kier alpha value is -3.61. The van der Waals surface area contributed by atoms with Gasteiger partial charge in [-0.25, -0.2) is 4.79 Å². The third kappa shape index (κ3) is 3.66. The number of rotatable bonds is 5. The predicted molar refractivity (Wildman–Crippen MR) is 117 cm³/mol. The summed E-state index contributed by atoms with van der Waals surface area (Å²) in [7, 11) is 0. The van der Waals surface area contributed by atoms with Gasteiger partial charge in [-0.2, -0.15) is 0 Å². The van der Waals surface area contributed by atoms with Gasteiger partial charge in [0.1, 0.15) is 5.58 Å². The van der Waals surface area contributed by atoms with Crippen LogP contribution in [-0.2, 0) is 9.59 Å². The maximum Gasteiger partial charge on any atom is 0.362 e. The van der Waals surface area contributed by atoms with Crippen LogP contribution in [0.3, 0.4) is 0 Å². The van der Waals surface area contributed by atoms with Crippen LogP contribution in [0.25, 0.3) is 11.0 Å². The van der Waals surface area contributed by atoms with E-state index < -0.39 is 11.5 Å². The molecule has 2 N–H and O–H groups in total. The Morgan fingerprint density at radius 1 is 1.10 bits per heavy atom. The first-order chi connectivity index (χ1) is 14.5. The fourth-order valence-corrected chi connectivity index (χ4v) is 3.71. The molecule has 2 amide bonds. The van der Waals surface area contributed by atoms with E-state index in [1.807, 2.05) is 50.2 Å². The minimum Gasteiger partial charge on any atom is -0.421 e. The molecule has 4 rings (SSSR count). The summed E-state index contributed by atoms with van der Waals surface area (Å²) in [6.07, 6.45) is 0.0924. The molecule has 1 aliphatic heterocycles. The predicted octanol–water partition coefficient (Wildman–Crippen LogP) is 3.52. The number of nitrogens with one attached hydrogen (secondary N) is 2. The zero-order valence-corrected chi connectivity index (χ0v) is 16.9. The highest BCUT2D eigenvalue weighted by atomic mass is 16.4. The molecule has 1 atom stereocenters. The fourth-order valence-electron chi connectivity index (χ4n) is 3.71. The number of fused-ring (bicyclic) bond motifs is 1. The van der Waals surface area contributed by atoms with Crippen LogP contribution in [0.15, 0.2) is 57.7 Å². The molecule has 1 aromatic heterocycles. The molecule has 2 aromatic carbocycles. The van der Waals surface area contributed by atoms with Gasteiger partial charge in [0.25, 0.3) is 0 Å². The van der Waals surface area contributed by atoms with Gasteiger partial charge in [-0.05, 0) is 38.1 Å². The van der Waals surface area contributed by atoms with Crippen molar-refractivity contribution in [3.8, 4) is 0 Å². The summed E-state index contributed by atoms with van der Waals surface area (Å²) in [5.74, 6) is -1.05. The summed E-state index contributed by atoms with van der Waals surface area (Å²) in [6.45, 7) is 4.72.